The first-order valence-corrected chi connectivity index (χ1v) is 10.6. The van der Waals surface area contributed by atoms with Crippen molar-refractivity contribution in [3.8, 4) is 5.75 Å². The van der Waals surface area contributed by atoms with Crippen molar-refractivity contribution >= 4 is 33.8 Å². The number of thiazole rings is 1. The van der Waals surface area contributed by atoms with Gasteiger partial charge in [-0.15, -0.1) is 11.3 Å². The third-order valence-electron chi connectivity index (χ3n) is 4.68. The van der Waals surface area contributed by atoms with Gasteiger partial charge in [0, 0.05) is 23.3 Å². The molecule has 30 heavy (non-hydrogen) atoms. The molecule has 0 bridgehead atoms. The average Bonchev–Trinajstić information content (AvgIpc) is 3.11. The van der Waals surface area contributed by atoms with Crippen LogP contribution in [0.3, 0.4) is 0 Å². The summed E-state index contributed by atoms with van der Waals surface area (Å²) in [5.74, 6) is 0.788. The highest BCUT2D eigenvalue weighted by Gasteiger charge is 2.12. The van der Waals surface area contributed by atoms with E-state index in [2.05, 4.69) is 34.7 Å². The van der Waals surface area contributed by atoms with Crippen LogP contribution in [0.15, 0.2) is 41.8 Å². The number of amides is 1. The number of aryl methyl sites for hydroxylation is 3. The van der Waals surface area contributed by atoms with Gasteiger partial charge in [-0.25, -0.2) is 4.98 Å². The maximum absolute atomic E-state index is 12.5. The van der Waals surface area contributed by atoms with E-state index in [0.717, 1.165) is 39.1 Å². The van der Waals surface area contributed by atoms with E-state index in [1.165, 1.54) is 5.56 Å². The number of carbonyl (C=O) groups is 1. The van der Waals surface area contributed by atoms with Crippen LogP contribution in [0.2, 0.25) is 0 Å². The minimum absolute atomic E-state index is 0.0284. The van der Waals surface area contributed by atoms with E-state index in [4.69, 9.17) is 4.74 Å². The highest BCUT2D eigenvalue weighted by molar-refractivity contribution is 7.13. The fourth-order valence-electron chi connectivity index (χ4n) is 3.37. The summed E-state index contributed by atoms with van der Waals surface area (Å²) in [4.78, 5) is 19.1. The molecule has 1 amide bonds. The Morgan fingerprint density at radius 1 is 1.13 bits per heavy atom. The normalized spacial score (nSPS) is 10.9. The maximum Gasteiger partial charge on any atom is 0.238 e. The average molecular weight is 425 g/mol. The standard InChI is InChI=1S/C23H28N4O2S/c1-15-10-16(2)22(17(3)11-15)26-21(28)13-27(4)12-19-14-30-23(25-19)24-18-6-8-20(29-5)9-7-18/h6-11,14H,12-13H2,1-5H3,(H,24,25)(H,26,28). The molecule has 158 valence electrons. The molecule has 0 unspecified atom stereocenters. The van der Waals surface area contributed by atoms with Gasteiger partial charge in [-0.2, -0.15) is 0 Å². The van der Waals surface area contributed by atoms with E-state index >= 15 is 0 Å². The van der Waals surface area contributed by atoms with E-state index in [1.807, 2.05) is 55.4 Å². The zero-order valence-electron chi connectivity index (χ0n) is 18.1. The number of nitrogens with zero attached hydrogens (tertiary/aromatic N) is 2. The molecule has 0 radical (unpaired) electrons. The van der Waals surface area contributed by atoms with Crippen LogP contribution in [0, 0.1) is 20.8 Å². The van der Waals surface area contributed by atoms with Crippen LogP contribution in [0.4, 0.5) is 16.5 Å². The number of aromatic nitrogens is 1. The molecule has 0 atom stereocenters. The number of ether oxygens (including phenoxy) is 1. The first-order chi connectivity index (χ1) is 14.3. The smallest absolute Gasteiger partial charge is 0.238 e. The molecule has 3 aromatic rings. The number of hydrogen-bond acceptors (Lipinski definition) is 6. The van der Waals surface area contributed by atoms with Crippen LogP contribution < -0.4 is 15.4 Å². The lowest BCUT2D eigenvalue weighted by Crippen LogP contribution is -2.30. The zero-order valence-corrected chi connectivity index (χ0v) is 18.9. The molecule has 1 heterocycles. The summed E-state index contributed by atoms with van der Waals surface area (Å²) in [6, 6.07) is 11.9. The first-order valence-electron chi connectivity index (χ1n) is 9.76. The molecule has 0 saturated carbocycles. The predicted octanol–water partition coefficient (Wildman–Crippen LogP) is 4.89. The van der Waals surface area contributed by atoms with Crippen LogP contribution in [0.5, 0.6) is 5.75 Å². The van der Waals surface area contributed by atoms with Crippen molar-refractivity contribution < 1.29 is 9.53 Å². The second-order valence-corrected chi connectivity index (χ2v) is 8.35. The molecule has 0 saturated heterocycles. The van der Waals surface area contributed by atoms with Crippen molar-refractivity contribution in [3.63, 3.8) is 0 Å². The molecule has 0 aliphatic carbocycles. The van der Waals surface area contributed by atoms with Gasteiger partial charge in [0.25, 0.3) is 0 Å². The second kappa shape index (κ2) is 9.73. The number of methoxy groups -OCH3 is 1. The number of carbonyl (C=O) groups excluding carboxylic acids is 1. The molecule has 7 heteroatoms. The van der Waals surface area contributed by atoms with Crippen LogP contribution >= 0.6 is 11.3 Å². The topological polar surface area (TPSA) is 66.5 Å². The van der Waals surface area contributed by atoms with E-state index in [0.29, 0.717) is 13.1 Å². The molecule has 0 fully saturated rings. The minimum Gasteiger partial charge on any atom is -0.497 e. The Hall–Kier alpha value is -2.90. The van der Waals surface area contributed by atoms with Gasteiger partial charge in [0.05, 0.1) is 19.3 Å². The Bertz CT molecular complexity index is 991. The Kier molecular flexibility index (Phi) is 7.07. The van der Waals surface area contributed by atoms with Crippen molar-refractivity contribution in [3.05, 3.63) is 64.2 Å². The van der Waals surface area contributed by atoms with Gasteiger partial charge in [0.15, 0.2) is 5.13 Å². The Morgan fingerprint density at radius 3 is 2.43 bits per heavy atom. The number of likely N-dealkylation sites (N-methyl/N-ethyl adjacent to an activating group) is 1. The van der Waals surface area contributed by atoms with E-state index in [1.54, 1.807) is 18.4 Å². The Morgan fingerprint density at radius 2 is 1.80 bits per heavy atom. The molecule has 0 aliphatic heterocycles. The Balaban J connectivity index is 1.53. The second-order valence-electron chi connectivity index (χ2n) is 7.49. The molecule has 3 rings (SSSR count). The summed E-state index contributed by atoms with van der Waals surface area (Å²) in [6.07, 6.45) is 0. The number of hydrogen-bond donors (Lipinski definition) is 2. The van der Waals surface area contributed by atoms with Crippen molar-refractivity contribution in [1.82, 2.24) is 9.88 Å². The monoisotopic (exact) mass is 424 g/mol. The van der Waals surface area contributed by atoms with Crippen LogP contribution in [-0.2, 0) is 11.3 Å². The summed E-state index contributed by atoms with van der Waals surface area (Å²) in [5, 5.41) is 9.17. The van der Waals surface area contributed by atoms with E-state index in [-0.39, 0.29) is 5.91 Å². The summed E-state index contributed by atoms with van der Waals surface area (Å²) in [6.45, 7) is 6.99. The van der Waals surface area contributed by atoms with Gasteiger partial charge < -0.3 is 15.4 Å². The third kappa shape index (κ3) is 5.81. The molecule has 2 aromatic carbocycles. The number of anilines is 3. The molecule has 2 N–H and O–H groups in total. The van der Waals surface area contributed by atoms with Crippen LogP contribution in [-0.4, -0.2) is 36.5 Å². The minimum atomic E-state index is -0.0284. The zero-order chi connectivity index (χ0) is 21.7. The summed E-state index contributed by atoms with van der Waals surface area (Å²) in [5.41, 5.74) is 6.14. The quantitative estimate of drug-likeness (QED) is 0.539. The van der Waals surface area contributed by atoms with E-state index < -0.39 is 0 Å². The fourth-order valence-corrected chi connectivity index (χ4v) is 4.09. The summed E-state index contributed by atoms with van der Waals surface area (Å²) < 4.78 is 5.18. The molecular weight excluding hydrogens is 396 g/mol. The largest absolute Gasteiger partial charge is 0.497 e. The van der Waals surface area contributed by atoms with Gasteiger partial charge in [-0.3, -0.25) is 9.69 Å². The van der Waals surface area contributed by atoms with Gasteiger partial charge >= 0.3 is 0 Å². The Labute approximate surface area is 181 Å². The highest BCUT2D eigenvalue weighted by Crippen LogP contribution is 2.24. The number of rotatable bonds is 8. The van der Waals surface area contributed by atoms with E-state index in [9.17, 15) is 4.79 Å². The molecule has 0 spiro atoms. The third-order valence-corrected chi connectivity index (χ3v) is 5.49. The van der Waals surface area contributed by atoms with Gasteiger partial charge in [-0.05, 0) is 63.2 Å². The molecule has 6 nitrogen and oxygen atoms in total. The number of benzene rings is 2. The van der Waals surface area contributed by atoms with Crippen molar-refractivity contribution in [1.29, 1.82) is 0 Å². The lowest BCUT2D eigenvalue weighted by molar-refractivity contribution is -0.117. The van der Waals surface area contributed by atoms with Crippen molar-refractivity contribution in [2.75, 3.05) is 31.3 Å². The van der Waals surface area contributed by atoms with Crippen LogP contribution in [0.25, 0.3) is 0 Å². The lowest BCUT2D eigenvalue weighted by Gasteiger charge is -2.17. The van der Waals surface area contributed by atoms with Gasteiger partial charge in [0.1, 0.15) is 5.75 Å². The van der Waals surface area contributed by atoms with Gasteiger partial charge in [0.2, 0.25) is 5.91 Å². The maximum atomic E-state index is 12.5. The van der Waals surface area contributed by atoms with Crippen molar-refractivity contribution in [2.24, 2.45) is 0 Å². The molecular formula is C23H28N4O2S. The number of nitrogens with one attached hydrogen (secondary N) is 2. The molecule has 0 aliphatic rings. The molecule has 1 aromatic heterocycles. The van der Waals surface area contributed by atoms with Crippen LogP contribution in [0.1, 0.15) is 22.4 Å². The van der Waals surface area contributed by atoms with Crippen molar-refractivity contribution in [2.45, 2.75) is 27.3 Å². The predicted molar refractivity (Wildman–Crippen MR) is 124 cm³/mol. The first kappa shape index (κ1) is 21.8. The summed E-state index contributed by atoms with van der Waals surface area (Å²) in [7, 11) is 3.57. The van der Waals surface area contributed by atoms with Gasteiger partial charge in [-0.1, -0.05) is 17.7 Å². The lowest BCUT2D eigenvalue weighted by atomic mass is 10.1. The fraction of sp³-hybridized carbons (Fsp3) is 0.304. The SMILES string of the molecule is COc1ccc(Nc2nc(CN(C)CC(=O)Nc3c(C)cc(C)cc3C)cs2)cc1. The summed E-state index contributed by atoms with van der Waals surface area (Å²) >= 11 is 1.54. The highest BCUT2D eigenvalue weighted by atomic mass is 32.1.